The number of hydrogen-bond acceptors (Lipinski definition) is 3. The van der Waals surface area contributed by atoms with E-state index in [1.807, 2.05) is 24.4 Å². The van der Waals surface area contributed by atoms with Crippen molar-refractivity contribution < 1.29 is 0 Å². The first-order chi connectivity index (χ1) is 11.7. The monoisotopic (exact) mass is 337 g/mol. The summed E-state index contributed by atoms with van der Waals surface area (Å²) in [5, 5.41) is 8.02. The Morgan fingerprint density at radius 3 is 2.96 bits per heavy atom. The largest absolute Gasteiger partial charge is 0.299 e. The highest BCUT2D eigenvalue weighted by Gasteiger charge is 2.42. The molecule has 122 valence electrons. The summed E-state index contributed by atoms with van der Waals surface area (Å²) in [6.07, 6.45) is 7.52. The lowest BCUT2D eigenvalue weighted by Crippen LogP contribution is -2.42. The minimum Gasteiger partial charge on any atom is -0.299 e. The SMILES string of the molecule is Cc1cc(Cl)cc2c1N=CC21CN[C@@H](C/C=C/c2ccccc2)N1. The van der Waals surface area contributed by atoms with Gasteiger partial charge >= 0.3 is 0 Å². The lowest BCUT2D eigenvalue weighted by Gasteiger charge is -2.23. The van der Waals surface area contributed by atoms with Crippen molar-refractivity contribution in [2.45, 2.75) is 25.0 Å². The molecule has 0 amide bonds. The summed E-state index contributed by atoms with van der Waals surface area (Å²) in [4.78, 5) is 4.63. The van der Waals surface area contributed by atoms with Gasteiger partial charge in [0.15, 0.2) is 0 Å². The molecule has 1 unspecified atom stereocenters. The van der Waals surface area contributed by atoms with Crippen molar-refractivity contribution in [2.75, 3.05) is 6.54 Å². The fraction of sp³-hybridized carbons (Fsp3) is 0.250. The van der Waals surface area contributed by atoms with Gasteiger partial charge in [-0.2, -0.15) is 0 Å². The third-order valence-electron chi connectivity index (χ3n) is 4.70. The van der Waals surface area contributed by atoms with Gasteiger partial charge in [0, 0.05) is 23.3 Å². The second-order valence-corrected chi connectivity index (χ2v) is 6.91. The quantitative estimate of drug-likeness (QED) is 0.881. The van der Waals surface area contributed by atoms with Gasteiger partial charge in [-0.05, 0) is 36.6 Å². The van der Waals surface area contributed by atoms with Crippen molar-refractivity contribution in [2.24, 2.45) is 4.99 Å². The van der Waals surface area contributed by atoms with Gasteiger partial charge in [-0.25, -0.2) is 0 Å². The van der Waals surface area contributed by atoms with E-state index in [4.69, 9.17) is 11.6 Å². The summed E-state index contributed by atoms with van der Waals surface area (Å²) in [5.74, 6) is 0. The Labute approximate surface area is 147 Å². The molecule has 4 heteroatoms. The average Bonchev–Trinajstić information content (AvgIpc) is 3.14. The van der Waals surface area contributed by atoms with E-state index >= 15 is 0 Å². The van der Waals surface area contributed by atoms with Crippen molar-refractivity contribution >= 4 is 29.6 Å². The lowest BCUT2D eigenvalue weighted by molar-refractivity contribution is 0.500. The maximum absolute atomic E-state index is 6.26. The van der Waals surface area contributed by atoms with Crippen LogP contribution in [0.4, 0.5) is 5.69 Å². The van der Waals surface area contributed by atoms with Crippen molar-refractivity contribution in [1.29, 1.82) is 0 Å². The maximum Gasteiger partial charge on any atom is 0.0954 e. The first kappa shape index (κ1) is 15.6. The number of halogens is 1. The number of hydrogen-bond donors (Lipinski definition) is 2. The molecule has 2 aliphatic rings. The van der Waals surface area contributed by atoms with Crippen LogP contribution in [0.2, 0.25) is 5.02 Å². The van der Waals surface area contributed by atoms with Gasteiger partial charge in [0.25, 0.3) is 0 Å². The van der Waals surface area contributed by atoms with E-state index in [9.17, 15) is 0 Å². The molecule has 2 aromatic carbocycles. The molecule has 0 aromatic heterocycles. The summed E-state index contributed by atoms with van der Waals surface area (Å²) in [6, 6.07) is 14.4. The number of rotatable bonds is 3. The highest BCUT2D eigenvalue weighted by molar-refractivity contribution is 6.31. The number of benzene rings is 2. The predicted octanol–water partition coefficient (Wildman–Crippen LogP) is 4.18. The topological polar surface area (TPSA) is 36.4 Å². The third-order valence-corrected chi connectivity index (χ3v) is 4.92. The summed E-state index contributed by atoms with van der Waals surface area (Å²) in [6.45, 7) is 2.89. The molecule has 2 heterocycles. The van der Waals surface area contributed by atoms with E-state index in [1.165, 1.54) is 11.1 Å². The van der Waals surface area contributed by atoms with Crippen molar-refractivity contribution in [3.05, 3.63) is 70.3 Å². The van der Waals surface area contributed by atoms with E-state index in [0.29, 0.717) is 0 Å². The van der Waals surface area contributed by atoms with Crippen LogP contribution in [-0.4, -0.2) is 18.9 Å². The van der Waals surface area contributed by atoms with Crippen LogP contribution in [0.25, 0.3) is 6.08 Å². The standard InChI is InChI=1S/C20H20ClN3/c1-14-10-16(21)11-17-19(14)23-13-20(17)12-22-18(24-20)9-5-8-15-6-3-2-4-7-15/h2-8,10-11,13,18,22,24H,9,12H2,1H3/b8-5+/t18-,20?/m1/s1. The predicted molar refractivity (Wildman–Crippen MR) is 101 cm³/mol. The van der Waals surface area contributed by atoms with Crippen molar-refractivity contribution in [3.63, 3.8) is 0 Å². The maximum atomic E-state index is 6.26. The molecule has 2 aromatic rings. The van der Waals surface area contributed by atoms with Gasteiger partial charge < -0.3 is 0 Å². The molecule has 0 aliphatic carbocycles. The van der Waals surface area contributed by atoms with Crippen LogP contribution < -0.4 is 10.6 Å². The zero-order chi connectivity index (χ0) is 16.6. The molecule has 4 rings (SSSR count). The Balaban J connectivity index is 1.48. The molecule has 1 spiro atoms. The van der Waals surface area contributed by atoms with Crippen LogP contribution in [0.5, 0.6) is 0 Å². The van der Waals surface area contributed by atoms with Gasteiger partial charge in [-0.3, -0.25) is 15.6 Å². The molecule has 2 atom stereocenters. The number of fused-ring (bicyclic) bond motifs is 2. The highest BCUT2D eigenvalue weighted by Crippen LogP contribution is 2.41. The van der Waals surface area contributed by atoms with E-state index in [1.54, 1.807) is 0 Å². The molecule has 24 heavy (non-hydrogen) atoms. The van der Waals surface area contributed by atoms with E-state index in [0.717, 1.165) is 29.2 Å². The van der Waals surface area contributed by atoms with Gasteiger partial charge in [0.1, 0.15) is 0 Å². The molecule has 3 nitrogen and oxygen atoms in total. The summed E-state index contributed by atoms with van der Waals surface area (Å²) in [5.41, 5.74) is 4.33. The number of aliphatic imine (C=N–C) groups is 1. The molecular formula is C20H20ClN3. The second kappa shape index (κ2) is 6.17. The molecule has 0 radical (unpaired) electrons. The molecule has 0 bridgehead atoms. The summed E-state index contributed by atoms with van der Waals surface area (Å²) >= 11 is 6.26. The van der Waals surface area contributed by atoms with E-state index in [2.05, 4.69) is 59.0 Å². The number of aryl methyl sites for hydroxylation is 1. The van der Waals surface area contributed by atoms with Gasteiger partial charge in [-0.15, -0.1) is 0 Å². The summed E-state index contributed by atoms with van der Waals surface area (Å²) in [7, 11) is 0. The lowest BCUT2D eigenvalue weighted by atomic mass is 9.92. The average molecular weight is 338 g/mol. The molecule has 0 saturated carbocycles. The van der Waals surface area contributed by atoms with Gasteiger partial charge in [-0.1, -0.05) is 54.1 Å². The highest BCUT2D eigenvalue weighted by atomic mass is 35.5. The Morgan fingerprint density at radius 1 is 1.29 bits per heavy atom. The summed E-state index contributed by atoms with van der Waals surface area (Å²) < 4.78 is 0. The fourth-order valence-electron chi connectivity index (χ4n) is 3.49. The fourth-order valence-corrected chi connectivity index (χ4v) is 3.76. The first-order valence-corrected chi connectivity index (χ1v) is 8.63. The second-order valence-electron chi connectivity index (χ2n) is 6.47. The van der Waals surface area contributed by atoms with Crippen molar-refractivity contribution in [3.8, 4) is 0 Å². The first-order valence-electron chi connectivity index (χ1n) is 8.25. The Morgan fingerprint density at radius 2 is 2.12 bits per heavy atom. The molecule has 2 N–H and O–H groups in total. The smallest absolute Gasteiger partial charge is 0.0954 e. The molecule has 1 saturated heterocycles. The molecule has 2 aliphatic heterocycles. The molecule has 1 fully saturated rings. The third kappa shape index (κ3) is 2.80. The van der Waals surface area contributed by atoms with E-state index in [-0.39, 0.29) is 11.7 Å². The van der Waals surface area contributed by atoms with Gasteiger partial charge in [0.2, 0.25) is 0 Å². The van der Waals surface area contributed by atoms with Crippen LogP contribution >= 0.6 is 11.6 Å². The van der Waals surface area contributed by atoms with Crippen molar-refractivity contribution in [1.82, 2.24) is 10.6 Å². The molecular weight excluding hydrogens is 318 g/mol. The van der Waals surface area contributed by atoms with Crippen LogP contribution in [0.1, 0.15) is 23.1 Å². The number of nitrogens with zero attached hydrogens (tertiary/aromatic N) is 1. The number of nitrogens with one attached hydrogen (secondary N) is 2. The van der Waals surface area contributed by atoms with Crippen LogP contribution in [0.3, 0.4) is 0 Å². The Bertz CT molecular complexity index is 813. The van der Waals surface area contributed by atoms with Crippen LogP contribution in [-0.2, 0) is 5.54 Å². The zero-order valence-corrected chi connectivity index (χ0v) is 14.3. The minimum atomic E-state index is -0.240. The van der Waals surface area contributed by atoms with E-state index < -0.39 is 0 Å². The Kier molecular flexibility index (Phi) is 4.01. The minimum absolute atomic E-state index is 0.224. The normalized spacial score (nSPS) is 25.0. The van der Waals surface area contributed by atoms with Crippen LogP contribution in [0, 0.1) is 6.92 Å². The van der Waals surface area contributed by atoms with Crippen LogP contribution in [0.15, 0.2) is 53.5 Å². The van der Waals surface area contributed by atoms with Gasteiger partial charge in [0.05, 0.1) is 17.4 Å². The zero-order valence-electron chi connectivity index (χ0n) is 13.6. The Hall–Kier alpha value is -1.94.